The molecule has 0 saturated carbocycles. The minimum atomic E-state index is -4.01. The van der Waals surface area contributed by atoms with E-state index in [2.05, 4.69) is 0 Å². The molecule has 2 N–H and O–H groups in total. The van der Waals surface area contributed by atoms with Gasteiger partial charge in [0.05, 0.1) is 25.4 Å². The highest BCUT2D eigenvalue weighted by Crippen LogP contribution is 2.50. The number of aliphatic carboxylic acids is 1. The number of likely N-dealkylation sites (tertiary alicyclic amines) is 1. The molecule has 0 aromatic heterocycles. The van der Waals surface area contributed by atoms with E-state index in [1.807, 2.05) is 0 Å². The summed E-state index contributed by atoms with van der Waals surface area (Å²) in [5.41, 5.74) is -2.55. The average Bonchev–Trinajstić information content (AvgIpc) is 2.44. The number of methoxy groups -OCH3 is 1. The summed E-state index contributed by atoms with van der Waals surface area (Å²) in [6.45, 7) is 4.39. The average molecular weight is 397 g/mol. The zero-order chi connectivity index (χ0) is 20.3. The van der Waals surface area contributed by atoms with Crippen LogP contribution in [0.5, 0.6) is 0 Å². The molecule has 1 aliphatic rings. The highest BCUT2D eigenvalue weighted by molar-refractivity contribution is 7.86. The molecule has 1 saturated heterocycles. The largest absolute Gasteiger partial charge is 0.481 e. The molecule has 2 unspecified atom stereocenters. The van der Waals surface area contributed by atoms with E-state index in [0.29, 0.717) is 0 Å². The molecule has 0 bridgehead atoms. The van der Waals surface area contributed by atoms with Gasteiger partial charge in [0.25, 0.3) is 10.1 Å². The van der Waals surface area contributed by atoms with Gasteiger partial charge in [0.1, 0.15) is 18.3 Å². The van der Waals surface area contributed by atoms with Crippen molar-refractivity contribution >= 4 is 22.2 Å². The van der Waals surface area contributed by atoms with Crippen LogP contribution in [0.15, 0.2) is 0 Å². The monoisotopic (exact) mass is 397 g/mol. The lowest BCUT2D eigenvalue weighted by atomic mass is 9.58. The number of carboxylic acid groups (broad SMARTS) is 2. The number of amides is 1. The first-order chi connectivity index (χ1) is 11.8. The Bertz CT molecular complexity index is 628. The van der Waals surface area contributed by atoms with Crippen LogP contribution in [0.4, 0.5) is 4.79 Å². The Hall–Kier alpha value is -1.43. The second-order valence-corrected chi connectivity index (χ2v) is 8.99. The highest BCUT2D eigenvalue weighted by Gasteiger charge is 2.61. The fourth-order valence-electron chi connectivity index (χ4n) is 3.41. The zero-order valence-electron chi connectivity index (χ0n) is 15.6. The predicted octanol–water partition coefficient (Wildman–Crippen LogP) is 0.821. The van der Waals surface area contributed by atoms with Gasteiger partial charge in [-0.3, -0.25) is 8.98 Å². The van der Waals surface area contributed by atoms with E-state index in [0.717, 1.165) is 11.2 Å². The zero-order valence-corrected chi connectivity index (χ0v) is 16.4. The lowest BCUT2D eigenvalue weighted by molar-refractivity contribution is -0.180. The Morgan fingerprint density at radius 2 is 1.85 bits per heavy atom. The highest BCUT2D eigenvalue weighted by atomic mass is 32.2. The first-order valence-electron chi connectivity index (χ1n) is 7.94. The lowest BCUT2D eigenvalue weighted by Gasteiger charge is -2.53. The number of nitrogens with zero attached hydrogens (tertiary/aromatic N) is 1. The fourth-order valence-corrected chi connectivity index (χ4v) is 4.05. The molecular weight excluding hydrogens is 370 g/mol. The molecule has 0 radical (unpaired) electrons. The minimum Gasteiger partial charge on any atom is -0.481 e. The molecule has 1 aliphatic heterocycles. The van der Waals surface area contributed by atoms with Gasteiger partial charge in [0.2, 0.25) is 0 Å². The van der Waals surface area contributed by atoms with Crippen LogP contribution < -0.4 is 0 Å². The van der Waals surface area contributed by atoms with E-state index in [1.165, 1.54) is 7.11 Å². The van der Waals surface area contributed by atoms with Crippen LogP contribution in [0, 0.1) is 10.8 Å². The van der Waals surface area contributed by atoms with Gasteiger partial charge in [-0.25, -0.2) is 4.79 Å². The van der Waals surface area contributed by atoms with Crippen LogP contribution >= 0.6 is 0 Å². The molecule has 3 atom stereocenters. The number of ether oxygens (including phenoxy) is 2. The van der Waals surface area contributed by atoms with Crippen molar-refractivity contribution in [2.45, 2.75) is 39.3 Å². The third-order valence-corrected chi connectivity index (χ3v) is 5.26. The van der Waals surface area contributed by atoms with Crippen molar-refractivity contribution < 1.29 is 41.9 Å². The van der Waals surface area contributed by atoms with Crippen molar-refractivity contribution in [3.8, 4) is 0 Å². The molecule has 152 valence electrons. The quantitative estimate of drug-likeness (QED) is 0.363. The maximum absolute atomic E-state index is 12.3. The number of carboxylic acids is 1. The SMILES string of the molecule is COCOC[C@H]1CC(C(=O)O)(C(C)(C)C)C(OS(C)(=O)=O)CN1C(=O)O. The van der Waals surface area contributed by atoms with Crippen LogP contribution in [0.25, 0.3) is 0 Å². The molecule has 0 aliphatic carbocycles. The van der Waals surface area contributed by atoms with Crippen molar-refractivity contribution in [3.05, 3.63) is 0 Å². The molecule has 1 rings (SSSR count). The summed E-state index contributed by atoms with van der Waals surface area (Å²) in [7, 11) is -2.61. The van der Waals surface area contributed by atoms with Crippen LogP contribution in [-0.2, 0) is 28.6 Å². The van der Waals surface area contributed by atoms with E-state index >= 15 is 0 Å². The van der Waals surface area contributed by atoms with Gasteiger partial charge < -0.3 is 24.6 Å². The van der Waals surface area contributed by atoms with Crippen molar-refractivity contribution in [3.63, 3.8) is 0 Å². The van der Waals surface area contributed by atoms with Gasteiger partial charge in [0.15, 0.2) is 0 Å². The molecule has 0 aromatic rings. The van der Waals surface area contributed by atoms with Crippen LogP contribution in [-0.4, -0.2) is 81.0 Å². The van der Waals surface area contributed by atoms with Crippen LogP contribution in [0.1, 0.15) is 27.2 Å². The number of hydrogen-bond donors (Lipinski definition) is 2. The molecule has 26 heavy (non-hydrogen) atoms. The normalized spacial score (nSPS) is 27.3. The van der Waals surface area contributed by atoms with Crippen LogP contribution in [0.2, 0.25) is 0 Å². The summed E-state index contributed by atoms with van der Waals surface area (Å²) in [5, 5.41) is 19.5. The Labute approximate surface area is 153 Å². The van der Waals surface area contributed by atoms with Crippen molar-refractivity contribution in [1.82, 2.24) is 4.90 Å². The van der Waals surface area contributed by atoms with Crippen molar-refractivity contribution in [1.29, 1.82) is 0 Å². The van der Waals surface area contributed by atoms with Crippen molar-refractivity contribution in [2.75, 3.05) is 33.3 Å². The first kappa shape index (κ1) is 22.6. The third-order valence-electron chi connectivity index (χ3n) is 4.68. The van der Waals surface area contributed by atoms with E-state index in [1.54, 1.807) is 20.8 Å². The Morgan fingerprint density at radius 3 is 2.23 bits per heavy atom. The molecule has 1 fully saturated rings. The summed E-state index contributed by atoms with van der Waals surface area (Å²) < 4.78 is 38.4. The summed E-state index contributed by atoms with van der Waals surface area (Å²) in [6.07, 6.45) is -2.04. The van der Waals surface area contributed by atoms with E-state index in [4.69, 9.17) is 13.7 Å². The Morgan fingerprint density at radius 1 is 1.27 bits per heavy atom. The Balaban J connectivity index is 3.39. The third kappa shape index (κ3) is 4.84. The smallest absolute Gasteiger partial charge is 0.407 e. The van der Waals surface area contributed by atoms with Crippen molar-refractivity contribution in [2.24, 2.45) is 10.8 Å². The molecular formula is C15H27NO9S. The maximum atomic E-state index is 12.3. The van der Waals surface area contributed by atoms with Crippen LogP contribution in [0.3, 0.4) is 0 Å². The topological polar surface area (TPSA) is 140 Å². The molecule has 11 heteroatoms. The van der Waals surface area contributed by atoms with Gasteiger partial charge in [-0.1, -0.05) is 20.8 Å². The fraction of sp³-hybridized carbons (Fsp3) is 0.867. The first-order valence-corrected chi connectivity index (χ1v) is 9.76. The number of hydrogen-bond acceptors (Lipinski definition) is 7. The molecule has 10 nitrogen and oxygen atoms in total. The van der Waals surface area contributed by atoms with Gasteiger partial charge in [-0.2, -0.15) is 8.42 Å². The lowest BCUT2D eigenvalue weighted by Crippen LogP contribution is -2.65. The molecule has 0 aromatic carbocycles. The van der Waals surface area contributed by atoms with Gasteiger partial charge in [0, 0.05) is 7.11 Å². The van der Waals surface area contributed by atoms with Gasteiger partial charge in [-0.15, -0.1) is 0 Å². The molecule has 0 spiro atoms. The summed E-state index contributed by atoms with van der Waals surface area (Å²) in [6, 6.07) is -0.794. The minimum absolute atomic E-state index is 0.0805. The maximum Gasteiger partial charge on any atom is 0.407 e. The van der Waals surface area contributed by atoms with E-state index in [9.17, 15) is 28.2 Å². The summed E-state index contributed by atoms with van der Waals surface area (Å²) >= 11 is 0. The second-order valence-electron chi connectivity index (χ2n) is 7.39. The molecule has 1 amide bonds. The predicted molar refractivity (Wildman–Crippen MR) is 90.2 cm³/mol. The van der Waals surface area contributed by atoms with E-state index in [-0.39, 0.29) is 19.8 Å². The Kier molecular flexibility index (Phi) is 7.02. The van der Waals surface area contributed by atoms with E-state index < -0.39 is 51.7 Å². The summed E-state index contributed by atoms with van der Waals surface area (Å²) in [5.74, 6) is -1.25. The standard InChI is InChI=1S/C15H27NO9S/c1-14(2,3)15(12(17)18)6-10(8-24-9-23-4)16(13(19)20)7-11(15)25-26(5,21)22/h10-11H,6-9H2,1-5H3,(H,17,18)(H,19,20)/t10-,11?,15?/m1/s1. The number of piperidine rings is 1. The van der Waals surface area contributed by atoms with Gasteiger partial charge in [-0.05, 0) is 11.8 Å². The number of rotatable bonds is 7. The summed E-state index contributed by atoms with van der Waals surface area (Å²) in [4.78, 5) is 24.8. The molecule has 1 heterocycles. The van der Waals surface area contributed by atoms with Gasteiger partial charge >= 0.3 is 12.1 Å². The number of carbonyl (C=O) groups is 2. The second kappa shape index (κ2) is 8.07.